The Hall–Kier alpha value is -0.860. The smallest absolute Gasteiger partial charge is 0.211 e. The van der Waals surface area contributed by atoms with Crippen molar-refractivity contribution in [1.29, 1.82) is 0 Å². The van der Waals surface area contributed by atoms with Crippen molar-refractivity contribution in [2.24, 2.45) is 4.99 Å². The first-order chi connectivity index (χ1) is 12.0. The molecule has 2 N–H and O–H groups in total. The quantitative estimate of drug-likeness (QED) is 0.262. The molecule has 1 aliphatic rings. The van der Waals surface area contributed by atoms with Crippen molar-refractivity contribution in [3.05, 3.63) is 0 Å². The minimum atomic E-state index is -3.11. The van der Waals surface area contributed by atoms with Gasteiger partial charge in [-0.1, -0.05) is 32.6 Å². The Labute approximate surface area is 153 Å². The van der Waals surface area contributed by atoms with Crippen molar-refractivity contribution in [3.8, 4) is 0 Å². The molecule has 0 unspecified atom stereocenters. The highest BCUT2D eigenvalue weighted by Crippen LogP contribution is 2.19. The minimum Gasteiger partial charge on any atom is -0.376 e. The number of aliphatic imine (C=N–C) groups is 1. The molecular weight excluding hydrogens is 340 g/mol. The van der Waals surface area contributed by atoms with Crippen LogP contribution in [0, 0.1) is 0 Å². The number of hydrogen-bond donors (Lipinski definition) is 2. The van der Waals surface area contributed by atoms with Gasteiger partial charge in [-0.05, 0) is 19.3 Å². The Bertz CT molecular complexity index is 474. The van der Waals surface area contributed by atoms with Gasteiger partial charge in [-0.2, -0.15) is 0 Å². The van der Waals surface area contributed by atoms with Crippen molar-refractivity contribution in [1.82, 2.24) is 14.9 Å². The van der Waals surface area contributed by atoms with Crippen LogP contribution in [0.3, 0.4) is 0 Å². The van der Waals surface area contributed by atoms with Gasteiger partial charge >= 0.3 is 0 Å². The summed E-state index contributed by atoms with van der Waals surface area (Å²) in [6, 6.07) is 0. The summed E-state index contributed by atoms with van der Waals surface area (Å²) in [5.74, 6) is 0.729. The number of sulfonamides is 1. The van der Waals surface area contributed by atoms with Crippen molar-refractivity contribution in [3.63, 3.8) is 0 Å². The molecule has 0 atom stereocenters. The number of guanidine groups is 1. The molecule has 25 heavy (non-hydrogen) atoms. The van der Waals surface area contributed by atoms with Crippen LogP contribution in [0.25, 0.3) is 0 Å². The van der Waals surface area contributed by atoms with E-state index in [0.717, 1.165) is 18.9 Å². The van der Waals surface area contributed by atoms with Crippen molar-refractivity contribution >= 4 is 16.0 Å². The topological polar surface area (TPSA) is 83.0 Å². The van der Waals surface area contributed by atoms with Gasteiger partial charge < -0.3 is 15.4 Å². The molecule has 0 bridgehead atoms. The molecule has 0 aliphatic heterocycles. The number of nitrogens with zero attached hydrogens (tertiary/aromatic N) is 2. The molecule has 0 heterocycles. The van der Waals surface area contributed by atoms with Gasteiger partial charge in [0.2, 0.25) is 10.0 Å². The lowest BCUT2D eigenvalue weighted by Gasteiger charge is -2.19. The average molecular weight is 377 g/mol. The molecule has 1 fully saturated rings. The third-order valence-corrected chi connectivity index (χ3v) is 5.85. The summed E-state index contributed by atoms with van der Waals surface area (Å²) in [6.45, 7) is 4.95. The molecule has 1 aliphatic carbocycles. The second kappa shape index (κ2) is 12.5. The van der Waals surface area contributed by atoms with E-state index in [0.29, 0.717) is 32.3 Å². The fraction of sp³-hybridized carbons (Fsp3) is 0.941. The van der Waals surface area contributed by atoms with Gasteiger partial charge in [-0.3, -0.25) is 4.99 Å². The van der Waals surface area contributed by atoms with Crippen LogP contribution in [0.1, 0.15) is 51.9 Å². The molecule has 1 rings (SSSR count). The summed E-state index contributed by atoms with van der Waals surface area (Å²) in [7, 11) is -1.38. The zero-order chi connectivity index (χ0) is 18.5. The van der Waals surface area contributed by atoms with Crippen molar-refractivity contribution < 1.29 is 13.2 Å². The summed E-state index contributed by atoms with van der Waals surface area (Å²) in [5.41, 5.74) is 0. The third kappa shape index (κ3) is 10.0. The van der Waals surface area contributed by atoms with E-state index in [-0.39, 0.29) is 0 Å². The normalized spacial score (nSPS) is 17.5. The van der Waals surface area contributed by atoms with Gasteiger partial charge in [0.25, 0.3) is 0 Å². The van der Waals surface area contributed by atoms with E-state index < -0.39 is 10.0 Å². The lowest BCUT2D eigenvalue weighted by molar-refractivity contribution is 0.0468. The van der Waals surface area contributed by atoms with E-state index in [4.69, 9.17) is 4.74 Å². The average Bonchev–Trinajstić information content (AvgIpc) is 2.84. The zero-order valence-electron chi connectivity index (χ0n) is 16.1. The fourth-order valence-corrected chi connectivity index (χ4v) is 3.97. The molecule has 7 nitrogen and oxygen atoms in total. The summed E-state index contributed by atoms with van der Waals surface area (Å²) in [4.78, 5) is 4.18. The molecule has 0 aromatic rings. The van der Waals surface area contributed by atoms with Gasteiger partial charge in [-0.25, -0.2) is 12.7 Å². The number of rotatable bonds is 10. The lowest BCUT2D eigenvalue weighted by atomic mass is 10.1. The molecule has 148 valence electrons. The monoisotopic (exact) mass is 376 g/mol. The predicted molar refractivity (Wildman–Crippen MR) is 104 cm³/mol. The predicted octanol–water partition coefficient (Wildman–Crippen LogP) is 1.56. The standard InChI is InChI=1S/C17H36N4O3S/c1-4-21(25(3,22)23)14-9-12-19-17(18-2)20-13-15-24-16-10-7-5-6-8-11-16/h16H,4-15H2,1-3H3,(H2,18,19,20). The van der Waals surface area contributed by atoms with Gasteiger partial charge in [0.15, 0.2) is 5.96 Å². The lowest BCUT2D eigenvalue weighted by Crippen LogP contribution is -2.40. The third-order valence-electron chi connectivity index (χ3n) is 4.47. The first-order valence-corrected chi connectivity index (χ1v) is 11.3. The van der Waals surface area contributed by atoms with E-state index in [1.807, 2.05) is 6.92 Å². The molecule has 1 saturated carbocycles. The van der Waals surface area contributed by atoms with E-state index in [1.165, 1.54) is 49.1 Å². The minimum absolute atomic E-state index is 0.412. The van der Waals surface area contributed by atoms with E-state index in [2.05, 4.69) is 15.6 Å². The van der Waals surface area contributed by atoms with Crippen LogP contribution in [0.5, 0.6) is 0 Å². The second-order valence-electron chi connectivity index (χ2n) is 6.52. The maximum absolute atomic E-state index is 11.5. The largest absolute Gasteiger partial charge is 0.376 e. The van der Waals surface area contributed by atoms with Crippen LogP contribution >= 0.6 is 0 Å². The maximum Gasteiger partial charge on any atom is 0.211 e. The molecule has 8 heteroatoms. The Morgan fingerprint density at radius 3 is 2.36 bits per heavy atom. The Morgan fingerprint density at radius 2 is 1.80 bits per heavy atom. The summed E-state index contributed by atoms with van der Waals surface area (Å²) >= 11 is 0. The first kappa shape index (κ1) is 22.2. The molecule has 0 saturated heterocycles. The number of ether oxygens (including phenoxy) is 1. The Balaban J connectivity index is 2.13. The van der Waals surface area contributed by atoms with Crippen LogP contribution in [0.2, 0.25) is 0 Å². The summed E-state index contributed by atoms with van der Waals surface area (Å²) in [6.07, 6.45) is 10.00. The van der Waals surface area contributed by atoms with E-state index in [9.17, 15) is 8.42 Å². The van der Waals surface area contributed by atoms with Crippen molar-refractivity contribution in [2.45, 2.75) is 58.0 Å². The SMILES string of the molecule is CCN(CCCNC(=NC)NCCOC1CCCCCC1)S(C)(=O)=O. The first-order valence-electron chi connectivity index (χ1n) is 9.48. The van der Waals surface area contributed by atoms with Gasteiger partial charge in [-0.15, -0.1) is 0 Å². The van der Waals surface area contributed by atoms with Crippen LogP contribution in [-0.4, -0.2) is 70.9 Å². The number of nitrogens with one attached hydrogen (secondary N) is 2. The van der Waals surface area contributed by atoms with Crippen LogP contribution < -0.4 is 10.6 Å². The van der Waals surface area contributed by atoms with Crippen LogP contribution in [-0.2, 0) is 14.8 Å². The summed E-state index contributed by atoms with van der Waals surface area (Å²) < 4.78 is 30.5. The molecule has 0 radical (unpaired) electrons. The van der Waals surface area contributed by atoms with Crippen molar-refractivity contribution in [2.75, 3.05) is 46.1 Å². The summed E-state index contributed by atoms with van der Waals surface area (Å²) in [5, 5.41) is 6.45. The fourth-order valence-electron chi connectivity index (χ4n) is 3.04. The second-order valence-corrected chi connectivity index (χ2v) is 8.50. The Kier molecular flexibility index (Phi) is 11.1. The Morgan fingerprint density at radius 1 is 1.16 bits per heavy atom. The van der Waals surface area contributed by atoms with Gasteiger partial charge in [0.1, 0.15) is 0 Å². The molecule has 0 aromatic heterocycles. The number of hydrogen-bond acceptors (Lipinski definition) is 4. The highest BCUT2D eigenvalue weighted by Gasteiger charge is 2.13. The van der Waals surface area contributed by atoms with Gasteiger partial charge in [0, 0.05) is 33.2 Å². The van der Waals surface area contributed by atoms with E-state index in [1.54, 1.807) is 7.05 Å². The van der Waals surface area contributed by atoms with Crippen LogP contribution in [0.4, 0.5) is 0 Å². The molecule has 0 aromatic carbocycles. The molecule has 0 amide bonds. The maximum atomic E-state index is 11.5. The van der Waals surface area contributed by atoms with Crippen LogP contribution in [0.15, 0.2) is 4.99 Å². The molecular formula is C17H36N4O3S. The van der Waals surface area contributed by atoms with E-state index >= 15 is 0 Å². The highest BCUT2D eigenvalue weighted by atomic mass is 32.2. The van der Waals surface area contributed by atoms with Gasteiger partial charge in [0.05, 0.1) is 19.0 Å². The molecule has 0 spiro atoms. The highest BCUT2D eigenvalue weighted by molar-refractivity contribution is 7.88. The zero-order valence-corrected chi connectivity index (χ0v) is 16.9.